The van der Waals surface area contributed by atoms with Crippen molar-refractivity contribution in [2.75, 3.05) is 16.8 Å². The molecule has 0 saturated carbocycles. The minimum Gasteiger partial charge on any atom is -0.326 e. The van der Waals surface area contributed by atoms with Crippen molar-refractivity contribution in [2.45, 2.75) is 25.7 Å². The highest BCUT2D eigenvalue weighted by Crippen LogP contribution is 2.24. The molecule has 1 aliphatic heterocycles. The smallest absolute Gasteiger partial charge is 0.270 e. The molecule has 2 amide bonds. The molecule has 1 aliphatic rings. The summed E-state index contributed by atoms with van der Waals surface area (Å²) in [5, 5.41) is 2.83. The summed E-state index contributed by atoms with van der Waals surface area (Å²) in [5.74, 6) is -0.107. The van der Waals surface area contributed by atoms with Gasteiger partial charge in [-0.2, -0.15) is 0 Å². The van der Waals surface area contributed by atoms with E-state index < -0.39 is 0 Å². The van der Waals surface area contributed by atoms with E-state index in [-0.39, 0.29) is 30.2 Å². The van der Waals surface area contributed by atoms with Crippen LogP contribution >= 0.6 is 0 Å². The van der Waals surface area contributed by atoms with Crippen molar-refractivity contribution in [2.24, 2.45) is 0 Å². The van der Waals surface area contributed by atoms with Gasteiger partial charge in [-0.3, -0.25) is 14.4 Å². The second-order valence-electron chi connectivity index (χ2n) is 6.78. The molecule has 1 aromatic heterocycles. The van der Waals surface area contributed by atoms with Crippen LogP contribution < -0.4 is 15.8 Å². The van der Waals surface area contributed by atoms with Gasteiger partial charge in [0.2, 0.25) is 11.8 Å². The first-order chi connectivity index (χ1) is 13.6. The van der Waals surface area contributed by atoms with E-state index in [1.165, 1.54) is 0 Å². The number of amides is 2. The van der Waals surface area contributed by atoms with Gasteiger partial charge in [0.1, 0.15) is 5.69 Å². The van der Waals surface area contributed by atoms with Crippen LogP contribution in [-0.2, 0) is 16.0 Å². The summed E-state index contributed by atoms with van der Waals surface area (Å²) < 4.78 is 0. The first kappa shape index (κ1) is 17.9. The summed E-state index contributed by atoms with van der Waals surface area (Å²) >= 11 is 0. The number of aromatic amines is 1. The maximum absolute atomic E-state index is 12.3. The van der Waals surface area contributed by atoms with Gasteiger partial charge in [0, 0.05) is 37.2 Å². The number of rotatable bonds is 5. The van der Waals surface area contributed by atoms with Crippen molar-refractivity contribution in [3.05, 3.63) is 64.6 Å². The Labute approximate surface area is 161 Å². The van der Waals surface area contributed by atoms with Gasteiger partial charge >= 0.3 is 0 Å². The molecule has 0 atom stereocenters. The van der Waals surface area contributed by atoms with Crippen molar-refractivity contribution in [3.63, 3.8) is 0 Å². The Balaban J connectivity index is 1.42. The average molecular weight is 376 g/mol. The zero-order chi connectivity index (χ0) is 19.5. The van der Waals surface area contributed by atoms with Gasteiger partial charge in [0.05, 0.1) is 11.0 Å². The van der Waals surface area contributed by atoms with Crippen LogP contribution in [0.15, 0.2) is 53.3 Å². The molecule has 28 heavy (non-hydrogen) atoms. The van der Waals surface area contributed by atoms with E-state index in [0.717, 1.165) is 12.1 Å². The second-order valence-corrected chi connectivity index (χ2v) is 6.78. The number of aryl methyl sites for hydroxylation is 1. The lowest BCUT2D eigenvalue weighted by Crippen LogP contribution is -2.24. The summed E-state index contributed by atoms with van der Waals surface area (Å²) in [6, 6.07) is 14.5. The second kappa shape index (κ2) is 7.64. The predicted molar refractivity (Wildman–Crippen MR) is 107 cm³/mol. The summed E-state index contributed by atoms with van der Waals surface area (Å²) in [4.78, 5) is 45.2. The average Bonchev–Trinajstić information content (AvgIpc) is 3.12. The van der Waals surface area contributed by atoms with Crippen LogP contribution in [0.5, 0.6) is 0 Å². The van der Waals surface area contributed by atoms with E-state index in [1.807, 2.05) is 30.3 Å². The number of carbonyl (C=O) groups is 2. The van der Waals surface area contributed by atoms with Crippen LogP contribution in [0.3, 0.4) is 0 Å². The SMILES string of the molecule is O=C(CCc1nc2ccccc2[nH]c1=O)Nc1cccc(N2CCCC2=O)c1. The highest BCUT2D eigenvalue weighted by Gasteiger charge is 2.21. The molecule has 2 N–H and O–H groups in total. The lowest BCUT2D eigenvalue weighted by molar-refractivity contribution is -0.117. The van der Waals surface area contributed by atoms with E-state index in [0.29, 0.717) is 35.4 Å². The molecule has 0 radical (unpaired) electrons. The van der Waals surface area contributed by atoms with Crippen molar-refractivity contribution < 1.29 is 9.59 Å². The van der Waals surface area contributed by atoms with Gasteiger partial charge in [-0.15, -0.1) is 0 Å². The molecule has 0 spiro atoms. The van der Waals surface area contributed by atoms with Gasteiger partial charge < -0.3 is 15.2 Å². The van der Waals surface area contributed by atoms with Gasteiger partial charge in [-0.1, -0.05) is 18.2 Å². The largest absolute Gasteiger partial charge is 0.326 e. The molecule has 2 aromatic carbocycles. The standard InChI is InChI=1S/C21H20N4O3/c26-19(11-10-18-21(28)24-17-8-2-1-7-16(17)23-18)22-14-5-3-6-15(13-14)25-12-4-9-20(25)27/h1-3,5-8,13H,4,9-12H2,(H,22,26)(H,24,28). The van der Waals surface area contributed by atoms with Crippen LogP contribution in [0, 0.1) is 0 Å². The summed E-state index contributed by atoms with van der Waals surface area (Å²) in [6.07, 6.45) is 1.80. The molecule has 4 rings (SSSR count). The van der Waals surface area contributed by atoms with Crippen LogP contribution in [0.25, 0.3) is 11.0 Å². The number of anilines is 2. The number of nitrogens with zero attached hydrogens (tertiary/aromatic N) is 2. The van der Waals surface area contributed by atoms with Crippen LogP contribution in [0.2, 0.25) is 0 Å². The molecule has 3 aromatic rings. The van der Waals surface area contributed by atoms with Gasteiger partial charge in [-0.25, -0.2) is 4.98 Å². The highest BCUT2D eigenvalue weighted by atomic mass is 16.2. The third kappa shape index (κ3) is 3.78. The molecular weight excluding hydrogens is 356 g/mol. The predicted octanol–water partition coefficient (Wildman–Crippen LogP) is 2.62. The normalized spacial score (nSPS) is 13.9. The van der Waals surface area contributed by atoms with E-state index in [2.05, 4.69) is 15.3 Å². The Kier molecular flexibility index (Phi) is 4.89. The van der Waals surface area contributed by atoms with E-state index in [1.54, 1.807) is 23.1 Å². The van der Waals surface area contributed by atoms with Crippen LogP contribution in [-0.4, -0.2) is 28.3 Å². The lowest BCUT2D eigenvalue weighted by atomic mass is 10.2. The summed E-state index contributed by atoms with van der Waals surface area (Å²) in [6.45, 7) is 0.701. The molecule has 2 heterocycles. The van der Waals surface area contributed by atoms with Crippen molar-refractivity contribution in [1.29, 1.82) is 0 Å². The molecule has 7 nitrogen and oxygen atoms in total. The first-order valence-electron chi connectivity index (χ1n) is 9.28. The maximum atomic E-state index is 12.3. The maximum Gasteiger partial charge on any atom is 0.270 e. The van der Waals surface area contributed by atoms with E-state index in [4.69, 9.17) is 0 Å². The summed E-state index contributed by atoms with van der Waals surface area (Å²) in [5.41, 5.74) is 2.84. The van der Waals surface area contributed by atoms with Crippen molar-refractivity contribution in [3.8, 4) is 0 Å². The topological polar surface area (TPSA) is 95.2 Å². The zero-order valence-electron chi connectivity index (χ0n) is 15.3. The van der Waals surface area contributed by atoms with Gasteiger partial charge in [-0.05, 0) is 36.8 Å². The minimum atomic E-state index is -0.277. The first-order valence-corrected chi connectivity index (χ1v) is 9.28. The van der Waals surface area contributed by atoms with Crippen LogP contribution in [0.1, 0.15) is 25.0 Å². The number of aromatic nitrogens is 2. The van der Waals surface area contributed by atoms with Crippen molar-refractivity contribution in [1.82, 2.24) is 9.97 Å². The zero-order valence-corrected chi connectivity index (χ0v) is 15.3. The van der Waals surface area contributed by atoms with Crippen LogP contribution in [0.4, 0.5) is 11.4 Å². The Morgan fingerprint density at radius 2 is 2.00 bits per heavy atom. The molecule has 1 fully saturated rings. The Morgan fingerprint density at radius 1 is 1.14 bits per heavy atom. The monoisotopic (exact) mass is 376 g/mol. The quantitative estimate of drug-likeness (QED) is 0.716. The number of benzene rings is 2. The number of fused-ring (bicyclic) bond motifs is 1. The highest BCUT2D eigenvalue weighted by molar-refractivity contribution is 5.97. The minimum absolute atomic E-state index is 0.102. The number of hydrogen-bond donors (Lipinski definition) is 2. The third-order valence-corrected chi connectivity index (χ3v) is 4.77. The number of nitrogens with one attached hydrogen (secondary N) is 2. The fraction of sp³-hybridized carbons (Fsp3) is 0.238. The molecule has 1 saturated heterocycles. The molecule has 0 aliphatic carbocycles. The molecule has 0 bridgehead atoms. The molecular formula is C21H20N4O3. The molecule has 0 unspecified atom stereocenters. The summed E-state index contributed by atoms with van der Waals surface area (Å²) in [7, 11) is 0. The number of carbonyl (C=O) groups excluding carboxylic acids is 2. The Hall–Kier alpha value is -3.48. The Morgan fingerprint density at radius 3 is 2.82 bits per heavy atom. The van der Waals surface area contributed by atoms with Gasteiger partial charge in [0.25, 0.3) is 5.56 Å². The Bertz CT molecular complexity index is 1110. The van der Waals surface area contributed by atoms with E-state index in [9.17, 15) is 14.4 Å². The van der Waals surface area contributed by atoms with E-state index >= 15 is 0 Å². The van der Waals surface area contributed by atoms with Gasteiger partial charge in [0.15, 0.2) is 0 Å². The van der Waals surface area contributed by atoms with Crippen molar-refractivity contribution >= 4 is 34.2 Å². The number of H-pyrrole nitrogens is 1. The number of hydrogen-bond acceptors (Lipinski definition) is 4. The lowest BCUT2D eigenvalue weighted by Gasteiger charge is -2.16. The fourth-order valence-electron chi connectivity index (χ4n) is 3.37. The third-order valence-electron chi connectivity index (χ3n) is 4.77. The number of para-hydroxylation sites is 2. The fourth-order valence-corrected chi connectivity index (χ4v) is 3.37. The molecule has 142 valence electrons. The molecule has 7 heteroatoms.